The predicted molar refractivity (Wildman–Crippen MR) is 164 cm³/mol. The van der Waals surface area contributed by atoms with E-state index in [1.165, 1.54) is 4.90 Å². The fourth-order valence-electron chi connectivity index (χ4n) is 4.25. The molecule has 0 fully saturated rings. The van der Waals surface area contributed by atoms with E-state index in [0.29, 0.717) is 5.69 Å². The Morgan fingerprint density at radius 1 is 0.950 bits per heavy atom. The highest BCUT2D eigenvalue weighted by atomic mass is 79.9. The fraction of sp³-hybridized carbons (Fsp3) is 0.355. The Balaban J connectivity index is 2.08. The number of aryl methyl sites for hydroxylation is 2. The van der Waals surface area contributed by atoms with E-state index >= 15 is 0 Å². The molecular formula is C31H38BrN3O4S. The summed E-state index contributed by atoms with van der Waals surface area (Å²) < 4.78 is 30.1. The second kappa shape index (κ2) is 12.6. The number of benzene rings is 3. The number of hydrogen-bond acceptors (Lipinski definition) is 4. The van der Waals surface area contributed by atoms with Crippen molar-refractivity contribution in [2.24, 2.45) is 0 Å². The van der Waals surface area contributed by atoms with Crippen LogP contribution in [0.25, 0.3) is 0 Å². The maximum atomic E-state index is 14.1. The van der Waals surface area contributed by atoms with Gasteiger partial charge in [0.15, 0.2) is 0 Å². The molecule has 0 aliphatic carbocycles. The van der Waals surface area contributed by atoms with Crippen molar-refractivity contribution >= 4 is 43.5 Å². The molecule has 3 aromatic carbocycles. The second-order valence-electron chi connectivity index (χ2n) is 11.1. The minimum Gasteiger partial charge on any atom is -0.350 e. The highest BCUT2D eigenvalue weighted by Gasteiger charge is 2.34. The van der Waals surface area contributed by atoms with Gasteiger partial charge in [0.2, 0.25) is 11.8 Å². The standard InChI is InChI=1S/C31H38BrN3O4S/c1-21-14-16-27(17-15-21)40(38,39)35(28-13-8-10-22(2)23(28)3)20-29(36)34(19-25-11-9-12-26(32)18-25)24(4)30(37)33-31(5,6)7/h8-18,24H,19-20H2,1-7H3,(H,33,37)/t24-/m0/s1. The second-order valence-corrected chi connectivity index (χ2v) is 13.9. The Kier molecular flexibility index (Phi) is 9.85. The van der Waals surface area contributed by atoms with Crippen LogP contribution in [0.15, 0.2) is 76.1 Å². The molecule has 3 aromatic rings. The molecule has 2 amide bonds. The SMILES string of the molecule is Cc1ccc(S(=O)(=O)N(CC(=O)N(Cc2cccc(Br)c2)[C@@H](C)C(=O)NC(C)(C)C)c2cccc(C)c2C)cc1. The molecule has 214 valence electrons. The van der Waals surface area contributed by atoms with E-state index in [9.17, 15) is 18.0 Å². The number of amides is 2. The number of rotatable bonds is 9. The van der Waals surface area contributed by atoms with Gasteiger partial charge in [0, 0.05) is 16.6 Å². The molecule has 0 spiro atoms. The number of nitrogens with one attached hydrogen (secondary N) is 1. The smallest absolute Gasteiger partial charge is 0.264 e. The van der Waals surface area contributed by atoms with Gasteiger partial charge >= 0.3 is 0 Å². The molecule has 1 N–H and O–H groups in total. The molecule has 0 bridgehead atoms. The molecule has 3 rings (SSSR count). The summed E-state index contributed by atoms with van der Waals surface area (Å²) in [6.45, 7) is 12.5. The van der Waals surface area contributed by atoms with Gasteiger partial charge in [-0.05, 0) is 95.5 Å². The lowest BCUT2D eigenvalue weighted by Crippen LogP contribution is -2.54. The molecule has 0 radical (unpaired) electrons. The van der Waals surface area contributed by atoms with Crippen molar-refractivity contribution in [1.29, 1.82) is 0 Å². The maximum Gasteiger partial charge on any atom is 0.264 e. The third-order valence-corrected chi connectivity index (χ3v) is 8.91. The van der Waals surface area contributed by atoms with Crippen LogP contribution in [0.3, 0.4) is 0 Å². The lowest BCUT2D eigenvalue weighted by atomic mass is 10.1. The number of carbonyl (C=O) groups is 2. The molecule has 0 aliphatic rings. The minimum atomic E-state index is -4.12. The largest absolute Gasteiger partial charge is 0.350 e. The van der Waals surface area contributed by atoms with Gasteiger partial charge in [0.05, 0.1) is 10.6 Å². The van der Waals surface area contributed by atoms with Crippen LogP contribution >= 0.6 is 15.9 Å². The summed E-state index contributed by atoms with van der Waals surface area (Å²) in [6, 6.07) is 18.6. The average Bonchev–Trinajstić information content (AvgIpc) is 2.86. The molecule has 0 aromatic heterocycles. The van der Waals surface area contributed by atoms with Gasteiger partial charge in [-0.2, -0.15) is 0 Å². The van der Waals surface area contributed by atoms with Crippen LogP contribution in [0, 0.1) is 20.8 Å². The normalized spacial score (nSPS) is 12.5. The van der Waals surface area contributed by atoms with Crippen molar-refractivity contribution in [3.63, 3.8) is 0 Å². The van der Waals surface area contributed by atoms with E-state index in [1.807, 2.05) is 71.9 Å². The Morgan fingerprint density at radius 3 is 2.17 bits per heavy atom. The first-order valence-electron chi connectivity index (χ1n) is 13.1. The van der Waals surface area contributed by atoms with E-state index in [0.717, 1.165) is 31.0 Å². The zero-order valence-electron chi connectivity index (χ0n) is 24.2. The summed E-state index contributed by atoms with van der Waals surface area (Å²) >= 11 is 3.47. The topological polar surface area (TPSA) is 86.8 Å². The first kappa shape index (κ1) is 31.4. The quantitative estimate of drug-likeness (QED) is 0.320. The third-order valence-electron chi connectivity index (χ3n) is 6.64. The zero-order valence-corrected chi connectivity index (χ0v) is 26.6. The van der Waals surface area contributed by atoms with Crippen LogP contribution in [0.2, 0.25) is 0 Å². The molecule has 9 heteroatoms. The van der Waals surface area contributed by atoms with Crippen LogP contribution in [-0.4, -0.2) is 43.3 Å². The van der Waals surface area contributed by atoms with Gasteiger partial charge in [0.25, 0.3) is 10.0 Å². The number of halogens is 1. The summed E-state index contributed by atoms with van der Waals surface area (Å²) in [5.74, 6) is -0.816. The van der Waals surface area contributed by atoms with Crippen molar-refractivity contribution < 1.29 is 18.0 Å². The minimum absolute atomic E-state index is 0.0869. The van der Waals surface area contributed by atoms with E-state index < -0.39 is 34.1 Å². The lowest BCUT2D eigenvalue weighted by Gasteiger charge is -2.34. The summed E-state index contributed by atoms with van der Waals surface area (Å²) in [5, 5.41) is 2.94. The average molecular weight is 629 g/mol. The monoisotopic (exact) mass is 627 g/mol. The molecule has 0 saturated heterocycles. The number of sulfonamides is 1. The molecule has 0 aliphatic heterocycles. The summed E-state index contributed by atoms with van der Waals surface area (Å²) in [6.07, 6.45) is 0. The van der Waals surface area contributed by atoms with Crippen molar-refractivity contribution in [3.05, 3.63) is 93.5 Å². The molecule has 7 nitrogen and oxygen atoms in total. The van der Waals surface area contributed by atoms with Crippen molar-refractivity contribution in [2.45, 2.75) is 71.5 Å². The van der Waals surface area contributed by atoms with Gasteiger partial charge in [-0.15, -0.1) is 0 Å². The van der Waals surface area contributed by atoms with Gasteiger partial charge in [-0.25, -0.2) is 8.42 Å². The molecule has 0 saturated carbocycles. The molecular weight excluding hydrogens is 590 g/mol. The van der Waals surface area contributed by atoms with Crippen LogP contribution in [0.1, 0.15) is 49.9 Å². The van der Waals surface area contributed by atoms with Gasteiger partial charge < -0.3 is 10.2 Å². The third kappa shape index (κ3) is 7.73. The first-order chi connectivity index (χ1) is 18.6. The highest BCUT2D eigenvalue weighted by molar-refractivity contribution is 9.10. The van der Waals surface area contributed by atoms with Gasteiger partial charge in [-0.3, -0.25) is 13.9 Å². The number of anilines is 1. The van der Waals surface area contributed by atoms with Gasteiger partial charge in [0.1, 0.15) is 12.6 Å². The van der Waals surface area contributed by atoms with Crippen LogP contribution in [0.5, 0.6) is 0 Å². The van der Waals surface area contributed by atoms with Crippen LogP contribution in [0.4, 0.5) is 5.69 Å². The Hall–Kier alpha value is -3.17. The van der Waals surface area contributed by atoms with E-state index in [4.69, 9.17) is 0 Å². The zero-order chi connectivity index (χ0) is 29.8. The summed E-state index contributed by atoms with van der Waals surface area (Å²) in [4.78, 5) is 28.8. The number of carbonyl (C=O) groups excluding carboxylic acids is 2. The lowest BCUT2D eigenvalue weighted by molar-refractivity contribution is -0.140. The van der Waals surface area contributed by atoms with Crippen LogP contribution in [-0.2, 0) is 26.2 Å². The molecule has 1 atom stereocenters. The Labute approximate surface area is 246 Å². The summed E-state index contributed by atoms with van der Waals surface area (Å²) in [5.41, 5.74) is 3.30. The Bertz CT molecular complexity index is 1480. The number of hydrogen-bond donors (Lipinski definition) is 1. The fourth-order valence-corrected chi connectivity index (χ4v) is 6.16. The van der Waals surface area contributed by atoms with E-state index in [2.05, 4.69) is 21.2 Å². The Morgan fingerprint density at radius 2 is 1.57 bits per heavy atom. The highest BCUT2D eigenvalue weighted by Crippen LogP contribution is 2.29. The van der Waals surface area contributed by atoms with E-state index in [-0.39, 0.29) is 17.3 Å². The summed E-state index contributed by atoms with van der Waals surface area (Å²) in [7, 11) is -4.12. The van der Waals surface area contributed by atoms with Crippen LogP contribution < -0.4 is 9.62 Å². The molecule has 0 heterocycles. The maximum absolute atomic E-state index is 14.1. The van der Waals surface area contributed by atoms with E-state index in [1.54, 1.807) is 43.3 Å². The van der Waals surface area contributed by atoms with Crippen molar-refractivity contribution in [1.82, 2.24) is 10.2 Å². The first-order valence-corrected chi connectivity index (χ1v) is 15.3. The molecule has 40 heavy (non-hydrogen) atoms. The molecule has 0 unspecified atom stereocenters. The van der Waals surface area contributed by atoms with Crippen molar-refractivity contribution in [2.75, 3.05) is 10.8 Å². The number of nitrogens with zero attached hydrogens (tertiary/aromatic N) is 2. The predicted octanol–water partition coefficient (Wildman–Crippen LogP) is 5.90. The van der Waals surface area contributed by atoms with Crippen molar-refractivity contribution in [3.8, 4) is 0 Å². The van der Waals surface area contributed by atoms with Gasteiger partial charge in [-0.1, -0.05) is 57.9 Å².